The Morgan fingerprint density at radius 3 is 2.51 bits per heavy atom. The van der Waals surface area contributed by atoms with Gasteiger partial charge in [-0.15, -0.1) is 0 Å². The van der Waals surface area contributed by atoms with Gasteiger partial charge in [-0.1, -0.05) is 12.1 Å². The Morgan fingerprint density at radius 2 is 1.83 bits per heavy atom. The number of carboxylic acid groups (broad SMARTS) is 1. The van der Waals surface area contributed by atoms with Crippen molar-refractivity contribution in [2.45, 2.75) is 6.54 Å². The van der Waals surface area contributed by atoms with Crippen LogP contribution in [-0.4, -0.2) is 65.0 Å². The van der Waals surface area contributed by atoms with E-state index < -0.39 is 5.97 Å². The molecule has 5 rings (SSSR count). The minimum atomic E-state index is -1.04. The summed E-state index contributed by atoms with van der Waals surface area (Å²) >= 11 is 0. The Hall–Kier alpha value is -4.01. The standard InChI is InChI=1S/C27H27N5O3/c1-31-11-13-32(14-12-31)17-18-4-7-21(8-5-18)29-25(20-3-2-10-28-16-20)24-22-15-19(27(34)35)6-9-23(22)30-26(24)33/h2-10,15-16,29H,11-14,17H2,1H3,(H,30,33)(H,34,35)/b25-24-. The molecule has 3 N–H and O–H groups in total. The molecule has 8 heteroatoms. The molecule has 2 aromatic carbocycles. The number of nitrogens with one attached hydrogen (secondary N) is 2. The number of aromatic carboxylic acids is 1. The number of hydrogen-bond acceptors (Lipinski definition) is 6. The Balaban J connectivity index is 1.47. The molecule has 2 aliphatic heterocycles. The van der Waals surface area contributed by atoms with Crippen LogP contribution < -0.4 is 10.6 Å². The van der Waals surface area contributed by atoms with Crippen LogP contribution in [0.2, 0.25) is 0 Å². The molecule has 2 aliphatic rings. The zero-order chi connectivity index (χ0) is 24.4. The zero-order valence-electron chi connectivity index (χ0n) is 19.5. The zero-order valence-corrected chi connectivity index (χ0v) is 19.5. The molecule has 0 atom stereocenters. The van der Waals surface area contributed by atoms with Gasteiger partial charge in [0, 0.05) is 67.6 Å². The SMILES string of the molecule is CN1CCN(Cc2ccc(N/C(=C3\C(=O)Nc4ccc(C(=O)O)cc43)c3cccnc3)cc2)CC1. The van der Waals surface area contributed by atoms with Gasteiger partial charge in [0.2, 0.25) is 0 Å². The van der Waals surface area contributed by atoms with Crippen molar-refractivity contribution >= 4 is 34.5 Å². The summed E-state index contributed by atoms with van der Waals surface area (Å²) in [5.74, 6) is -1.33. The second kappa shape index (κ2) is 9.69. The number of carbonyl (C=O) groups is 2. The van der Waals surface area contributed by atoms with Gasteiger partial charge in [0.05, 0.1) is 16.8 Å². The minimum absolute atomic E-state index is 0.122. The van der Waals surface area contributed by atoms with Gasteiger partial charge in [-0.25, -0.2) is 4.79 Å². The molecular weight excluding hydrogens is 442 g/mol. The fraction of sp³-hybridized carbons (Fsp3) is 0.222. The van der Waals surface area contributed by atoms with Gasteiger partial charge in [-0.3, -0.25) is 14.7 Å². The summed E-state index contributed by atoms with van der Waals surface area (Å²) in [5, 5.41) is 15.7. The van der Waals surface area contributed by atoms with Crippen molar-refractivity contribution in [2.24, 2.45) is 0 Å². The average Bonchev–Trinajstić information content (AvgIpc) is 3.20. The number of piperazine rings is 1. The summed E-state index contributed by atoms with van der Waals surface area (Å²) in [7, 11) is 2.15. The van der Waals surface area contributed by atoms with Crippen molar-refractivity contribution in [3.8, 4) is 0 Å². The number of carboxylic acids is 1. The highest BCUT2D eigenvalue weighted by atomic mass is 16.4. The third kappa shape index (κ3) is 4.94. The number of carbonyl (C=O) groups excluding carboxylic acids is 1. The molecule has 1 saturated heterocycles. The number of aromatic nitrogens is 1. The number of pyridine rings is 1. The second-order valence-corrected chi connectivity index (χ2v) is 8.91. The molecular formula is C27H27N5O3. The molecule has 1 amide bonds. The van der Waals surface area contributed by atoms with Crippen LogP contribution in [0.1, 0.15) is 27.0 Å². The first-order chi connectivity index (χ1) is 17.0. The maximum Gasteiger partial charge on any atom is 0.335 e. The van der Waals surface area contributed by atoms with E-state index in [0.29, 0.717) is 22.5 Å². The third-order valence-electron chi connectivity index (χ3n) is 6.44. The van der Waals surface area contributed by atoms with Crippen LogP contribution in [0.5, 0.6) is 0 Å². The highest BCUT2D eigenvalue weighted by Gasteiger charge is 2.29. The van der Waals surface area contributed by atoms with E-state index in [9.17, 15) is 14.7 Å². The molecule has 3 heterocycles. The molecule has 1 fully saturated rings. The molecule has 1 aromatic heterocycles. The molecule has 35 heavy (non-hydrogen) atoms. The number of fused-ring (bicyclic) bond motifs is 1. The van der Waals surface area contributed by atoms with Gasteiger partial charge in [-0.05, 0) is 55.1 Å². The van der Waals surface area contributed by atoms with E-state index in [1.807, 2.05) is 18.2 Å². The Labute approximate surface area is 203 Å². The first-order valence-corrected chi connectivity index (χ1v) is 11.6. The van der Waals surface area contributed by atoms with Crippen LogP contribution in [0, 0.1) is 0 Å². The first kappa shape index (κ1) is 22.8. The Kier molecular flexibility index (Phi) is 6.31. The van der Waals surface area contributed by atoms with E-state index in [1.165, 1.54) is 17.7 Å². The quantitative estimate of drug-likeness (QED) is 0.476. The summed E-state index contributed by atoms with van der Waals surface area (Å²) in [4.78, 5) is 33.6. The van der Waals surface area contributed by atoms with E-state index in [1.54, 1.807) is 24.5 Å². The number of benzene rings is 2. The summed E-state index contributed by atoms with van der Waals surface area (Å²) in [5.41, 5.74) is 5.00. The summed E-state index contributed by atoms with van der Waals surface area (Å²) < 4.78 is 0. The van der Waals surface area contributed by atoms with E-state index in [4.69, 9.17) is 0 Å². The van der Waals surface area contributed by atoms with Gasteiger partial charge in [-0.2, -0.15) is 0 Å². The number of amides is 1. The van der Waals surface area contributed by atoms with Crippen LogP contribution >= 0.6 is 0 Å². The van der Waals surface area contributed by atoms with Crippen LogP contribution in [0.4, 0.5) is 11.4 Å². The number of anilines is 2. The molecule has 3 aromatic rings. The van der Waals surface area contributed by atoms with Crippen molar-refractivity contribution in [3.05, 3.63) is 89.2 Å². The van der Waals surface area contributed by atoms with Crippen molar-refractivity contribution < 1.29 is 14.7 Å². The van der Waals surface area contributed by atoms with E-state index in [2.05, 4.69) is 44.6 Å². The van der Waals surface area contributed by atoms with Gasteiger partial charge in [0.1, 0.15) is 0 Å². The second-order valence-electron chi connectivity index (χ2n) is 8.91. The molecule has 0 unspecified atom stereocenters. The topological polar surface area (TPSA) is 97.8 Å². The van der Waals surface area contributed by atoms with Gasteiger partial charge in [0.25, 0.3) is 5.91 Å². The van der Waals surface area contributed by atoms with E-state index >= 15 is 0 Å². The van der Waals surface area contributed by atoms with Crippen molar-refractivity contribution in [2.75, 3.05) is 43.9 Å². The van der Waals surface area contributed by atoms with Gasteiger partial charge in [0.15, 0.2) is 0 Å². The van der Waals surface area contributed by atoms with Gasteiger partial charge < -0.3 is 20.6 Å². The minimum Gasteiger partial charge on any atom is -0.478 e. The molecule has 0 spiro atoms. The summed E-state index contributed by atoms with van der Waals surface area (Å²) in [6, 6.07) is 16.5. The lowest BCUT2D eigenvalue weighted by Gasteiger charge is -2.32. The van der Waals surface area contributed by atoms with E-state index in [0.717, 1.165) is 44.0 Å². The number of rotatable bonds is 6. The van der Waals surface area contributed by atoms with Crippen LogP contribution in [0.3, 0.4) is 0 Å². The number of hydrogen-bond donors (Lipinski definition) is 3. The fourth-order valence-electron chi connectivity index (χ4n) is 4.44. The average molecular weight is 470 g/mol. The first-order valence-electron chi connectivity index (χ1n) is 11.6. The van der Waals surface area contributed by atoms with Crippen molar-refractivity contribution in [1.82, 2.24) is 14.8 Å². The molecule has 8 nitrogen and oxygen atoms in total. The van der Waals surface area contributed by atoms with Crippen molar-refractivity contribution in [1.29, 1.82) is 0 Å². The number of likely N-dealkylation sites (N-methyl/N-ethyl adjacent to an activating group) is 1. The van der Waals surface area contributed by atoms with Crippen molar-refractivity contribution in [3.63, 3.8) is 0 Å². The maximum absolute atomic E-state index is 13.0. The fourth-order valence-corrected chi connectivity index (χ4v) is 4.44. The van der Waals surface area contributed by atoms with E-state index in [-0.39, 0.29) is 11.5 Å². The Bertz CT molecular complexity index is 1280. The third-order valence-corrected chi connectivity index (χ3v) is 6.44. The Morgan fingerprint density at radius 1 is 1.06 bits per heavy atom. The molecule has 0 radical (unpaired) electrons. The predicted molar refractivity (Wildman–Crippen MR) is 136 cm³/mol. The number of nitrogens with zero attached hydrogens (tertiary/aromatic N) is 3. The van der Waals surface area contributed by atoms with Crippen LogP contribution in [0.25, 0.3) is 11.3 Å². The predicted octanol–water partition coefficient (Wildman–Crippen LogP) is 3.46. The monoisotopic (exact) mass is 469 g/mol. The lowest BCUT2D eigenvalue weighted by Crippen LogP contribution is -2.43. The maximum atomic E-state index is 13.0. The van der Waals surface area contributed by atoms with Crippen LogP contribution in [-0.2, 0) is 11.3 Å². The molecule has 178 valence electrons. The highest BCUT2D eigenvalue weighted by molar-refractivity contribution is 6.37. The largest absolute Gasteiger partial charge is 0.478 e. The molecule has 0 saturated carbocycles. The highest BCUT2D eigenvalue weighted by Crippen LogP contribution is 2.38. The molecule has 0 bridgehead atoms. The summed E-state index contributed by atoms with van der Waals surface area (Å²) in [6.07, 6.45) is 3.35. The molecule has 0 aliphatic carbocycles. The van der Waals surface area contributed by atoms with Crippen LogP contribution in [0.15, 0.2) is 67.0 Å². The lowest BCUT2D eigenvalue weighted by molar-refractivity contribution is -0.110. The lowest BCUT2D eigenvalue weighted by atomic mass is 9.99. The van der Waals surface area contributed by atoms with Gasteiger partial charge >= 0.3 is 5.97 Å². The smallest absolute Gasteiger partial charge is 0.335 e. The normalized spacial score (nSPS) is 17.6. The summed E-state index contributed by atoms with van der Waals surface area (Å²) in [6.45, 7) is 5.17.